The first kappa shape index (κ1) is 10.3. The number of rotatable bonds is 3. The summed E-state index contributed by atoms with van der Waals surface area (Å²) in [5.41, 5.74) is 0. The molecule has 1 N–H and O–H groups in total. The third-order valence-corrected chi connectivity index (χ3v) is 3.38. The van der Waals surface area contributed by atoms with Crippen molar-refractivity contribution in [3.05, 3.63) is 17.3 Å². The maximum absolute atomic E-state index is 4.28. The van der Waals surface area contributed by atoms with E-state index in [1.165, 1.54) is 11.8 Å². The Kier molecular flexibility index (Phi) is 3.12. The van der Waals surface area contributed by atoms with Crippen molar-refractivity contribution in [2.24, 2.45) is 0 Å². The van der Waals surface area contributed by atoms with Crippen LogP contribution >= 0.6 is 23.1 Å². The maximum Gasteiger partial charge on any atom is 0.223 e. The van der Waals surface area contributed by atoms with Crippen LogP contribution in [0.3, 0.4) is 0 Å². The van der Waals surface area contributed by atoms with E-state index in [4.69, 9.17) is 0 Å². The molecule has 5 nitrogen and oxygen atoms in total. The average molecular weight is 239 g/mol. The lowest BCUT2D eigenvalue weighted by Gasteiger charge is -1.99. The minimum Gasteiger partial charge on any atom is -0.357 e. The van der Waals surface area contributed by atoms with E-state index in [0.717, 1.165) is 14.4 Å². The Bertz CT molecular complexity index is 456. The summed E-state index contributed by atoms with van der Waals surface area (Å²) in [7, 11) is 1.79. The second-order valence-electron chi connectivity index (χ2n) is 2.66. The second-order valence-corrected chi connectivity index (χ2v) is 5.11. The standard InChI is InChI=1S/C8H9N5S2/c1-5-12-13-8(14-5)15-6-3-4-10-7(9-2)11-6/h3-4H,1-2H3,(H,9,10,11). The van der Waals surface area contributed by atoms with Gasteiger partial charge in [-0.25, -0.2) is 9.97 Å². The maximum atomic E-state index is 4.28. The summed E-state index contributed by atoms with van der Waals surface area (Å²) in [6.45, 7) is 1.93. The molecule has 0 unspecified atom stereocenters. The van der Waals surface area contributed by atoms with Crippen molar-refractivity contribution in [2.45, 2.75) is 16.3 Å². The highest BCUT2D eigenvalue weighted by Gasteiger charge is 2.04. The minimum atomic E-state index is 0.612. The molecule has 0 aliphatic heterocycles. The van der Waals surface area contributed by atoms with Crippen molar-refractivity contribution in [2.75, 3.05) is 12.4 Å². The van der Waals surface area contributed by atoms with Gasteiger partial charge in [0.2, 0.25) is 5.95 Å². The van der Waals surface area contributed by atoms with Gasteiger partial charge in [-0.15, -0.1) is 10.2 Å². The Morgan fingerprint density at radius 1 is 1.40 bits per heavy atom. The number of aromatic nitrogens is 4. The number of nitrogens with one attached hydrogen (secondary N) is 1. The van der Waals surface area contributed by atoms with Crippen LogP contribution < -0.4 is 5.32 Å². The third-order valence-electron chi connectivity index (χ3n) is 1.55. The highest BCUT2D eigenvalue weighted by Crippen LogP contribution is 2.28. The van der Waals surface area contributed by atoms with E-state index >= 15 is 0 Å². The fourth-order valence-electron chi connectivity index (χ4n) is 0.929. The summed E-state index contributed by atoms with van der Waals surface area (Å²) < 4.78 is 0.897. The highest BCUT2D eigenvalue weighted by molar-refractivity contribution is 8.01. The van der Waals surface area contributed by atoms with Crippen molar-refractivity contribution in [1.82, 2.24) is 20.2 Å². The lowest BCUT2D eigenvalue weighted by atomic mass is 10.7. The number of anilines is 1. The predicted octanol–water partition coefficient (Wildman–Crippen LogP) is 1.83. The molecule has 0 atom stereocenters. The zero-order valence-electron chi connectivity index (χ0n) is 8.26. The average Bonchev–Trinajstić information content (AvgIpc) is 2.64. The topological polar surface area (TPSA) is 63.6 Å². The quantitative estimate of drug-likeness (QED) is 0.824. The van der Waals surface area contributed by atoms with Gasteiger partial charge < -0.3 is 5.32 Å². The summed E-state index contributed by atoms with van der Waals surface area (Å²) >= 11 is 3.05. The van der Waals surface area contributed by atoms with Gasteiger partial charge in [-0.2, -0.15) is 0 Å². The molecular weight excluding hydrogens is 230 g/mol. The van der Waals surface area contributed by atoms with Gasteiger partial charge in [-0.05, 0) is 24.8 Å². The van der Waals surface area contributed by atoms with Crippen LogP contribution in [-0.4, -0.2) is 27.2 Å². The van der Waals surface area contributed by atoms with Crippen molar-refractivity contribution in [1.29, 1.82) is 0 Å². The van der Waals surface area contributed by atoms with Crippen LogP contribution in [0.4, 0.5) is 5.95 Å². The van der Waals surface area contributed by atoms with E-state index in [1.807, 2.05) is 13.0 Å². The molecule has 0 amide bonds. The van der Waals surface area contributed by atoms with Crippen LogP contribution in [0, 0.1) is 6.92 Å². The molecule has 0 saturated carbocycles. The molecule has 0 aliphatic carbocycles. The summed E-state index contributed by atoms with van der Waals surface area (Å²) in [4.78, 5) is 8.31. The molecule has 15 heavy (non-hydrogen) atoms. The Labute approximate surface area is 95.4 Å². The van der Waals surface area contributed by atoms with Gasteiger partial charge in [0.05, 0.1) is 0 Å². The first-order valence-electron chi connectivity index (χ1n) is 4.26. The number of hydrogen-bond donors (Lipinski definition) is 1. The summed E-state index contributed by atoms with van der Waals surface area (Å²) in [5.74, 6) is 0.612. The summed E-state index contributed by atoms with van der Waals surface area (Å²) in [6.07, 6.45) is 1.72. The van der Waals surface area contributed by atoms with Gasteiger partial charge in [-0.3, -0.25) is 0 Å². The van der Waals surface area contributed by atoms with Crippen molar-refractivity contribution in [3.8, 4) is 0 Å². The van der Waals surface area contributed by atoms with Gasteiger partial charge in [0.25, 0.3) is 0 Å². The van der Waals surface area contributed by atoms with Crippen molar-refractivity contribution in [3.63, 3.8) is 0 Å². The number of nitrogens with zero attached hydrogens (tertiary/aromatic N) is 4. The van der Waals surface area contributed by atoms with Gasteiger partial charge in [0.1, 0.15) is 10.0 Å². The van der Waals surface area contributed by atoms with Crippen LogP contribution in [0.2, 0.25) is 0 Å². The summed E-state index contributed by atoms with van der Waals surface area (Å²) in [6, 6.07) is 1.85. The van der Waals surface area contributed by atoms with E-state index in [9.17, 15) is 0 Å². The first-order chi connectivity index (χ1) is 7.28. The van der Waals surface area contributed by atoms with Gasteiger partial charge in [-0.1, -0.05) is 11.3 Å². The molecule has 2 heterocycles. The van der Waals surface area contributed by atoms with Crippen LogP contribution in [0.25, 0.3) is 0 Å². The molecule has 78 valence electrons. The molecule has 0 aromatic carbocycles. The van der Waals surface area contributed by atoms with Crippen molar-refractivity contribution < 1.29 is 0 Å². The van der Waals surface area contributed by atoms with E-state index in [-0.39, 0.29) is 0 Å². The molecule has 7 heteroatoms. The van der Waals surface area contributed by atoms with Gasteiger partial charge in [0, 0.05) is 13.2 Å². The van der Waals surface area contributed by atoms with E-state index in [0.29, 0.717) is 5.95 Å². The first-order valence-corrected chi connectivity index (χ1v) is 5.90. The molecule has 2 aromatic heterocycles. The Balaban J connectivity index is 2.16. The fourth-order valence-corrected chi connectivity index (χ4v) is 2.65. The minimum absolute atomic E-state index is 0.612. The molecular formula is C8H9N5S2. The lowest BCUT2D eigenvalue weighted by Crippen LogP contribution is -1.95. The normalized spacial score (nSPS) is 10.3. The zero-order chi connectivity index (χ0) is 10.7. The second kappa shape index (κ2) is 4.54. The lowest BCUT2D eigenvalue weighted by molar-refractivity contribution is 0.977. The smallest absolute Gasteiger partial charge is 0.223 e. The molecule has 0 saturated heterocycles. The Morgan fingerprint density at radius 2 is 2.27 bits per heavy atom. The van der Waals surface area contributed by atoms with E-state index in [1.54, 1.807) is 24.6 Å². The van der Waals surface area contributed by atoms with Crippen LogP contribution in [-0.2, 0) is 0 Å². The Hall–Kier alpha value is -1.21. The monoisotopic (exact) mass is 239 g/mol. The SMILES string of the molecule is CNc1nccc(Sc2nnc(C)s2)n1. The summed E-state index contributed by atoms with van der Waals surface area (Å²) in [5, 5.41) is 12.7. The third kappa shape index (κ3) is 2.63. The molecule has 2 rings (SSSR count). The van der Waals surface area contributed by atoms with E-state index in [2.05, 4.69) is 25.5 Å². The van der Waals surface area contributed by atoms with Gasteiger partial charge >= 0.3 is 0 Å². The molecule has 0 bridgehead atoms. The molecule has 0 aliphatic rings. The molecule has 0 radical (unpaired) electrons. The van der Waals surface area contributed by atoms with Gasteiger partial charge in [0.15, 0.2) is 4.34 Å². The Morgan fingerprint density at radius 3 is 2.93 bits per heavy atom. The van der Waals surface area contributed by atoms with Crippen molar-refractivity contribution >= 4 is 29.0 Å². The van der Waals surface area contributed by atoms with Crippen LogP contribution in [0.15, 0.2) is 21.6 Å². The zero-order valence-corrected chi connectivity index (χ0v) is 9.89. The fraction of sp³-hybridized carbons (Fsp3) is 0.250. The molecule has 0 spiro atoms. The molecule has 2 aromatic rings. The van der Waals surface area contributed by atoms with Crippen LogP contribution in [0.1, 0.15) is 5.01 Å². The number of aryl methyl sites for hydroxylation is 1. The molecule has 0 fully saturated rings. The number of hydrogen-bond acceptors (Lipinski definition) is 7. The van der Waals surface area contributed by atoms with Crippen LogP contribution in [0.5, 0.6) is 0 Å². The predicted molar refractivity (Wildman–Crippen MR) is 60.3 cm³/mol. The van der Waals surface area contributed by atoms with E-state index < -0.39 is 0 Å². The highest BCUT2D eigenvalue weighted by atomic mass is 32.2. The largest absolute Gasteiger partial charge is 0.357 e.